The Bertz CT molecular complexity index is 1010. The van der Waals surface area contributed by atoms with Gasteiger partial charge in [0.1, 0.15) is 19.3 Å². The molecule has 0 heterocycles. The van der Waals surface area contributed by atoms with Gasteiger partial charge in [-0.05, 0) is 0 Å². The lowest BCUT2D eigenvalue weighted by Crippen LogP contribution is -2.56. The van der Waals surface area contributed by atoms with Gasteiger partial charge in [0.05, 0.1) is 0 Å². The highest BCUT2D eigenvalue weighted by Gasteiger charge is 2.54. The van der Waals surface area contributed by atoms with Crippen molar-refractivity contribution in [2.24, 2.45) is 0 Å². The van der Waals surface area contributed by atoms with Crippen LogP contribution in [0.25, 0.3) is 0 Å². The van der Waals surface area contributed by atoms with Gasteiger partial charge in [0.15, 0.2) is 18.3 Å². The molecule has 0 radical (unpaired) electrons. The maximum absolute atomic E-state index is 12.9. The molecule has 0 aliphatic heterocycles. The van der Waals surface area contributed by atoms with E-state index in [2.05, 4.69) is 28.4 Å². The van der Waals surface area contributed by atoms with Crippen LogP contribution in [0.15, 0.2) is 0 Å². The lowest BCUT2D eigenvalue weighted by molar-refractivity contribution is -0.249. The van der Waals surface area contributed by atoms with Gasteiger partial charge in [-0.1, -0.05) is 0 Å². The van der Waals surface area contributed by atoms with Gasteiger partial charge >= 0.3 is 60.7 Å². The Morgan fingerprint density at radius 1 is 0.442 bits per heavy atom. The number of halogens is 15. The van der Waals surface area contributed by atoms with Crippen LogP contribution in [0, 0.1) is 0 Å². The molecule has 0 amide bonds. The molecule has 11 nitrogen and oxygen atoms in total. The van der Waals surface area contributed by atoms with Crippen molar-refractivity contribution in [2.75, 3.05) is 20.3 Å². The number of methoxy groups -OCH3 is 1. The molecular weight excluding hydrogens is 665 g/mol. The summed E-state index contributed by atoms with van der Waals surface area (Å²) in [6.45, 7) is -4.73. The molecule has 0 fully saturated rings. The van der Waals surface area contributed by atoms with Gasteiger partial charge < -0.3 is 28.4 Å². The summed E-state index contributed by atoms with van der Waals surface area (Å²) in [6, 6.07) is 0. The number of ether oxygens (including phenoxy) is 6. The molecular formula is C17H11F15O11. The number of rotatable bonds is 11. The normalized spacial score (nSPS) is 15.8. The van der Waals surface area contributed by atoms with Crippen LogP contribution in [-0.2, 0) is 52.4 Å². The molecule has 0 unspecified atom stereocenters. The molecule has 4 atom stereocenters. The van der Waals surface area contributed by atoms with Gasteiger partial charge in [-0.15, -0.1) is 0 Å². The van der Waals surface area contributed by atoms with E-state index in [1.54, 1.807) is 0 Å². The largest absolute Gasteiger partial charge is 0.490 e. The summed E-state index contributed by atoms with van der Waals surface area (Å²) in [5, 5.41) is 0. The van der Waals surface area contributed by atoms with E-state index in [9.17, 15) is 89.8 Å². The van der Waals surface area contributed by atoms with Crippen molar-refractivity contribution in [1.82, 2.24) is 0 Å². The van der Waals surface area contributed by atoms with E-state index in [1.165, 1.54) is 0 Å². The Hall–Kier alpha value is -3.74. The number of hydrogen-bond acceptors (Lipinski definition) is 11. The van der Waals surface area contributed by atoms with Gasteiger partial charge in [0.25, 0.3) is 0 Å². The lowest BCUT2D eigenvalue weighted by Gasteiger charge is -2.35. The summed E-state index contributed by atoms with van der Waals surface area (Å²) in [7, 11) is 0.198. The molecule has 0 aromatic heterocycles. The average Bonchev–Trinajstić information content (AvgIpc) is 2.80. The summed E-state index contributed by atoms with van der Waals surface area (Å²) in [5.41, 5.74) is 0. The molecule has 0 rings (SSSR count). The molecule has 0 aliphatic carbocycles. The highest BCUT2D eigenvalue weighted by molar-refractivity contribution is 5.78. The van der Waals surface area contributed by atoms with Gasteiger partial charge in [-0.3, -0.25) is 0 Å². The monoisotopic (exact) mass is 676 g/mol. The standard InChI is InChI=1S/C17H11F15O11/c1-38-4(2-39-8(33)13(18,19)20)6(42-11(36)16(27,28)29)7(43-12(37)17(30,31)32)5(41-10(35)15(24,25)26)3-40-9(34)14(21,22)23/h4-7H,2-3H2,1H3/t4-,5+,6-,7-/m1/s1. The minimum absolute atomic E-state index is 0.198. The average molecular weight is 676 g/mol. The third-order valence-electron chi connectivity index (χ3n) is 4.02. The van der Waals surface area contributed by atoms with Crippen molar-refractivity contribution in [3.05, 3.63) is 0 Å². The Kier molecular flexibility index (Phi) is 12.9. The minimum atomic E-state index is -6.30. The minimum Gasteiger partial charge on any atom is -0.456 e. The summed E-state index contributed by atoms with van der Waals surface area (Å²) in [6.07, 6.45) is -45.1. The smallest absolute Gasteiger partial charge is 0.456 e. The number of carbonyl (C=O) groups excluding carboxylic acids is 5. The van der Waals surface area contributed by atoms with Crippen molar-refractivity contribution >= 4 is 29.8 Å². The van der Waals surface area contributed by atoms with Crippen LogP contribution in [0.5, 0.6) is 0 Å². The van der Waals surface area contributed by atoms with Crippen LogP contribution in [0.4, 0.5) is 65.9 Å². The first-order chi connectivity index (χ1) is 19.0. The Labute approximate surface area is 225 Å². The predicted molar refractivity (Wildman–Crippen MR) is 92.6 cm³/mol. The van der Waals surface area contributed by atoms with Crippen LogP contribution >= 0.6 is 0 Å². The fraction of sp³-hybridized carbons (Fsp3) is 0.706. The number of alkyl halides is 15. The van der Waals surface area contributed by atoms with Crippen molar-refractivity contribution in [2.45, 2.75) is 55.3 Å². The highest BCUT2D eigenvalue weighted by atomic mass is 19.4. The molecule has 43 heavy (non-hydrogen) atoms. The molecule has 0 saturated heterocycles. The number of carbonyl (C=O) groups is 5. The first kappa shape index (κ1) is 39.3. The Morgan fingerprint density at radius 2 is 0.698 bits per heavy atom. The molecule has 0 aromatic carbocycles. The predicted octanol–water partition coefficient (Wildman–Crippen LogP) is 2.63. The molecule has 0 spiro atoms. The lowest BCUT2D eigenvalue weighted by atomic mass is 10.0. The van der Waals surface area contributed by atoms with E-state index in [0.717, 1.165) is 0 Å². The van der Waals surface area contributed by atoms with Crippen molar-refractivity contribution in [1.29, 1.82) is 0 Å². The second-order valence-electron chi connectivity index (χ2n) is 7.14. The fourth-order valence-corrected chi connectivity index (χ4v) is 2.27. The first-order valence-electron chi connectivity index (χ1n) is 9.87. The van der Waals surface area contributed by atoms with E-state index in [4.69, 9.17) is 0 Å². The van der Waals surface area contributed by atoms with Crippen LogP contribution in [0.1, 0.15) is 0 Å². The quantitative estimate of drug-likeness (QED) is 0.181. The SMILES string of the molecule is CO[C@H](COC(=O)C(F)(F)F)[C@@H](OC(=O)C(F)(F)F)[C@H](OC(=O)C(F)(F)F)[C@H](COC(=O)C(F)(F)F)OC(=O)C(F)(F)F. The summed E-state index contributed by atoms with van der Waals surface area (Å²) >= 11 is 0. The van der Waals surface area contributed by atoms with E-state index in [1.807, 2.05) is 0 Å². The van der Waals surface area contributed by atoms with Crippen LogP contribution < -0.4 is 0 Å². The number of esters is 5. The third kappa shape index (κ3) is 13.0. The van der Waals surface area contributed by atoms with Crippen LogP contribution in [0.2, 0.25) is 0 Å². The van der Waals surface area contributed by atoms with E-state index in [0.29, 0.717) is 0 Å². The van der Waals surface area contributed by atoms with Gasteiger partial charge in [0.2, 0.25) is 0 Å². The zero-order chi connectivity index (χ0) is 34.4. The summed E-state index contributed by atoms with van der Waals surface area (Å²) in [5.74, 6) is -17.5. The highest BCUT2D eigenvalue weighted by Crippen LogP contribution is 2.29. The molecule has 0 N–H and O–H groups in total. The van der Waals surface area contributed by atoms with Crippen molar-refractivity contribution < 1.29 is 118 Å². The zero-order valence-corrected chi connectivity index (χ0v) is 19.9. The fourth-order valence-electron chi connectivity index (χ4n) is 2.27. The Balaban J connectivity index is 7.16. The topological polar surface area (TPSA) is 141 Å². The molecule has 0 saturated carbocycles. The van der Waals surface area contributed by atoms with Crippen LogP contribution in [0.3, 0.4) is 0 Å². The first-order valence-corrected chi connectivity index (χ1v) is 9.87. The summed E-state index contributed by atoms with van der Waals surface area (Å²) < 4.78 is 212. The van der Waals surface area contributed by atoms with Gasteiger partial charge in [0, 0.05) is 7.11 Å². The molecule has 0 aromatic rings. The number of hydrogen-bond donors (Lipinski definition) is 0. The van der Waals surface area contributed by atoms with Gasteiger partial charge in [-0.2, -0.15) is 65.9 Å². The second-order valence-corrected chi connectivity index (χ2v) is 7.14. The van der Waals surface area contributed by atoms with Gasteiger partial charge in [-0.25, -0.2) is 24.0 Å². The van der Waals surface area contributed by atoms with E-state index < -0.39 is 98.4 Å². The second kappa shape index (κ2) is 14.2. The molecule has 26 heteroatoms. The molecule has 250 valence electrons. The maximum Gasteiger partial charge on any atom is 0.490 e. The van der Waals surface area contributed by atoms with Crippen molar-refractivity contribution in [3.8, 4) is 0 Å². The van der Waals surface area contributed by atoms with Crippen molar-refractivity contribution in [3.63, 3.8) is 0 Å². The Morgan fingerprint density at radius 3 is 0.977 bits per heavy atom. The maximum atomic E-state index is 12.9. The molecule has 0 aliphatic rings. The third-order valence-corrected chi connectivity index (χ3v) is 4.02. The summed E-state index contributed by atoms with van der Waals surface area (Å²) in [4.78, 5) is 56.0. The zero-order valence-electron chi connectivity index (χ0n) is 19.9. The molecule has 0 bridgehead atoms. The van der Waals surface area contributed by atoms with Crippen LogP contribution in [-0.4, -0.2) is 105 Å². The van der Waals surface area contributed by atoms with E-state index >= 15 is 0 Å². The van der Waals surface area contributed by atoms with E-state index in [-0.39, 0.29) is 7.11 Å².